The number of fused-ring (bicyclic) bond motifs is 1. The average molecular weight is 149 g/mol. The van der Waals surface area contributed by atoms with Crippen molar-refractivity contribution in [1.29, 1.82) is 0 Å². The van der Waals surface area contributed by atoms with E-state index in [1.165, 1.54) is 12.5 Å². The van der Waals surface area contributed by atoms with Gasteiger partial charge in [-0.1, -0.05) is 0 Å². The highest BCUT2D eigenvalue weighted by Gasteiger charge is 1.99. The molecule has 0 aromatic carbocycles. The van der Waals surface area contributed by atoms with E-state index in [0.717, 1.165) is 0 Å². The normalized spacial score (nSPS) is 10.6. The molecule has 5 heteroatoms. The molecule has 0 bridgehead atoms. The van der Waals surface area contributed by atoms with Crippen molar-refractivity contribution in [3.63, 3.8) is 0 Å². The average Bonchev–Trinajstić information content (AvgIpc) is 2.50. The molecule has 5 nitrogen and oxygen atoms in total. The fourth-order valence-electron chi connectivity index (χ4n) is 0.845. The number of nitrogens with zero attached hydrogens (tertiary/aromatic N) is 3. The molecule has 0 saturated carbocycles. The van der Waals surface area contributed by atoms with Gasteiger partial charge in [-0.15, -0.1) is 0 Å². The third-order valence-electron chi connectivity index (χ3n) is 1.35. The largest absolute Gasteiger partial charge is 0.329 e. The van der Waals surface area contributed by atoms with Crippen LogP contribution in [-0.2, 0) is 11.7 Å². The van der Waals surface area contributed by atoms with Gasteiger partial charge >= 0.3 is 0 Å². The number of rotatable bonds is 1. The van der Waals surface area contributed by atoms with E-state index in [1.807, 2.05) is 0 Å². The summed E-state index contributed by atoms with van der Waals surface area (Å²) in [6, 6.07) is 0. The molecule has 1 radical (unpaired) electrons. The minimum absolute atomic E-state index is 0.293. The Morgan fingerprint density at radius 2 is 2.36 bits per heavy atom. The van der Waals surface area contributed by atoms with Crippen molar-refractivity contribution in [3.8, 4) is 0 Å². The molecule has 0 spiro atoms. The van der Waals surface area contributed by atoms with Gasteiger partial charge in [0, 0.05) is 0 Å². The Balaban J connectivity index is 2.67. The molecule has 0 fully saturated rings. The van der Waals surface area contributed by atoms with Gasteiger partial charge in [0.1, 0.15) is 12.1 Å². The van der Waals surface area contributed by atoms with E-state index in [4.69, 9.17) is 0 Å². The Labute approximate surface area is 62.1 Å². The lowest BCUT2D eigenvalue weighted by molar-refractivity contribution is 0.170. The van der Waals surface area contributed by atoms with Crippen molar-refractivity contribution in [2.75, 3.05) is 0 Å². The van der Waals surface area contributed by atoms with Gasteiger partial charge < -0.3 is 4.98 Å². The van der Waals surface area contributed by atoms with Gasteiger partial charge in [0.05, 0.1) is 12.5 Å². The highest BCUT2D eigenvalue weighted by atomic mass is 16.3. The van der Waals surface area contributed by atoms with Crippen molar-refractivity contribution < 1.29 is 5.11 Å². The third kappa shape index (κ3) is 0.947. The van der Waals surface area contributed by atoms with Crippen LogP contribution < -0.4 is 0 Å². The summed E-state index contributed by atoms with van der Waals surface area (Å²) >= 11 is 0. The number of imidazole rings is 1. The summed E-state index contributed by atoms with van der Waals surface area (Å²) in [5.41, 5.74) is 1.30. The quantitative estimate of drug-likeness (QED) is 0.632. The number of H-pyrrole nitrogens is 1. The molecule has 0 aliphatic carbocycles. The number of nitrogens with one attached hydrogen (secondary N) is 1. The first kappa shape index (κ1) is 6.23. The Morgan fingerprint density at radius 3 is 3.18 bits per heavy atom. The van der Waals surface area contributed by atoms with Crippen LogP contribution in [0.5, 0.6) is 0 Å². The standard InChI is InChI=1S/C6H5N4O/c11-2-5-7-1-4-6(10-5)9-3-8-4/h1,3H,2H2,(H,7,8,9,10). The second kappa shape index (κ2) is 2.28. The second-order valence-corrected chi connectivity index (χ2v) is 2.07. The first-order valence-electron chi connectivity index (χ1n) is 3.13. The fraction of sp³-hybridized carbons (Fsp3) is 0.167. The van der Waals surface area contributed by atoms with Crippen LogP contribution in [0.3, 0.4) is 0 Å². The van der Waals surface area contributed by atoms with Crippen molar-refractivity contribution in [3.05, 3.63) is 18.3 Å². The minimum Gasteiger partial charge on any atom is -0.329 e. The summed E-state index contributed by atoms with van der Waals surface area (Å²) < 4.78 is 0. The minimum atomic E-state index is -0.394. The molecule has 0 aliphatic heterocycles. The summed E-state index contributed by atoms with van der Waals surface area (Å²) in [6.45, 7) is -0.394. The summed E-state index contributed by atoms with van der Waals surface area (Å²) in [5.74, 6) is 0.293. The summed E-state index contributed by atoms with van der Waals surface area (Å²) in [6.07, 6.45) is 3.06. The predicted octanol–water partition coefficient (Wildman–Crippen LogP) is 0.283. The van der Waals surface area contributed by atoms with Gasteiger partial charge in [-0.05, 0) is 0 Å². The Kier molecular flexibility index (Phi) is 1.29. The van der Waals surface area contributed by atoms with E-state index in [2.05, 4.69) is 19.9 Å². The molecular weight excluding hydrogens is 144 g/mol. The molecule has 2 heterocycles. The van der Waals surface area contributed by atoms with Gasteiger partial charge in [0.15, 0.2) is 11.5 Å². The third-order valence-corrected chi connectivity index (χ3v) is 1.35. The van der Waals surface area contributed by atoms with Gasteiger partial charge in [0.25, 0.3) is 0 Å². The molecule has 0 saturated heterocycles. The molecule has 1 N–H and O–H groups in total. The number of hydrogen-bond acceptors (Lipinski definition) is 3. The van der Waals surface area contributed by atoms with Gasteiger partial charge in [-0.3, -0.25) is 0 Å². The van der Waals surface area contributed by atoms with E-state index < -0.39 is 6.61 Å². The lowest BCUT2D eigenvalue weighted by Gasteiger charge is -1.90. The molecule has 0 atom stereocenters. The van der Waals surface area contributed by atoms with Crippen LogP contribution in [0.1, 0.15) is 5.82 Å². The van der Waals surface area contributed by atoms with Crippen molar-refractivity contribution in [2.24, 2.45) is 0 Å². The molecular formula is C6H5N4O. The Hall–Kier alpha value is -1.49. The smallest absolute Gasteiger partial charge is 0.160 e. The van der Waals surface area contributed by atoms with Crippen LogP contribution in [0.2, 0.25) is 0 Å². The van der Waals surface area contributed by atoms with E-state index >= 15 is 0 Å². The SMILES string of the molecule is [O]Cc1ncc2nc[nH]c2n1. The topological polar surface area (TPSA) is 74.4 Å². The van der Waals surface area contributed by atoms with Crippen LogP contribution in [0.25, 0.3) is 11.2 Å². The van der Waals surface area contributed by atoms with E-state index in [9.17, 15) is 5.11 Å². The highest BCUT2D eigenvalue weighted by Crippen LogP contribution is 2.03. The highest BCUT2D eigenvalue weighted by molar-refractivity contribution is 5.67. The van der Waals surface area contributed by atoms with E-state index in [0.29, 0.717) is 17.0 Å². The maximum Gasteiger partial charge on any atom is 0.160 e. The molecule has 0 unspecified atom stereocenters. The zero-order chi connectivity index (χ0) is 7.68. The van der Waals surface area contributed by atoms with Crippen LogP contribution in [0, 0.1) is 0 Å². The molecule has 0 aliphatic rings. The molecule has 11 heavy (non-hydrogen) atoms. The van der Waals surface area contributed by atoms with Crippen molar-refractivity contribution >= 4 is 11.2 Å². The number of aromatic nitrogens is 4. The van der Waals surface area contributed by atoms with Gasteiger partial charge in [-0.25, -0.2) is 20.1 Å². The summed E-state index contributed by atoms with van der Waals surface area (Å²) in [7, 11) is 0. The lowest BCUT2D eigenvalue weighted by Crippen LogP contribution is -1.92. The summed E-state index contributed by atoms with van der Waals surface area (Å²) in [4.78, 5) is 14.4. The molecule has 0 amide bonds. The van der Waals surface area contributed by atoms with Crippen LogP contribution >= 0.6 is 0 Å². The van der Waals surface area contributed by atoms with Crippen LogP contribution in [0.15, 0.2) is 12.5 Å². The second-order valence-electron chi connectivity index (χ2n) is 2.07. The molecule has 55 valence electrons. The van der Waals surface area contributed by atoms with Crippen molar-refractivity contribution in [2.45, 2.75) is 6.61 Å². The number of hydrogen-bond donors (Lipinski definition) is 1. The number of aromatic amines is 1. The monoisotopic (exact) mass is 149 g/mol. The first-order valence-corrected chi connectivity index (χ1v) is 3.13. The summed E-state index contributed by atoms with van der Waals surface area (Å²) in [5, 5.41) is 10.3. The first-order chi connectivity index (χ1) is 5.40. The Bertz CT molecular complexity index is 369. The predicted molar refractivity (Wildman–Crippen MR) is 36.1 cm³/mol. The Morgan fingerprint density at radius 1 is 1.45 bits per heavy atom. The zero-order valence-corrected chi connectivity index (χ0v) is 5.61. The molecule has 2 aromatic heterocycles. The molecule has 2 aromatic rings. The van der Waals surface area contributed by atoms with E-state index in [1.54, 1.807) is 0 Å². The van der Waals surface area contributed by atoms with Crippen LogP contribution in [0.4, 0.5) is 0 Å². The van der Waals surface area contributed by atoms with Crippen LogP contribution in [-0.4, -0.2) is 19.9 Å². The van der Waals surface area contributed by atoms with Crippen molar-refractivity contribution in [1.82, 2.24) is 19.9 Å². The maximum atomic E-state index is 10.3. The lowest BCUT2D eigenvalue weighted by atomic mass is 10.5. The zero-order valence-electron chi connectivity index (χ0n) is 5.61. The fourth-order valence-corrected chi connectivity index (χ4v) is 0.845. The molecule has 2 rings (SSSR count). The van der Waals surface area contributed by atoms with Gasteiger partial charge in [-0.2, -0.15) is 0 Å². The van der Waals surface area contributed by atoms with E-state index in [-0.39, 0.29) is 0 Å². The maximum absolute atomic E-state index is 10.3. The van der Waals surface area contributed by atoms with Gasteiger partial charge in [0.2, 0.25) is 0 Å².